The Hall–Kier alpha value is -2.34. The van der Waals surface area contributed by atoms with Crippen LogP contribution in [0, 0.1) is 5.92 Å². The monoisotopic (exact) mass is 416 g/mol. The second-order valence-corrected chi connectivity index (χ2v) is 9.69. The molecule has 0 radical (unpaired) electrons. The number of hydrogen-bond acceptors (Lipinski definition) is 3. The van der Waals surface area contributed by atoms with Crippen molar-refractivity contribution in [2.45, 2.75) is 40.0 Å². The zero-order valence-electron chi connectivity index (χ0n) is 17.7. The van der Waals surface area contributed by atoms with Crippen molar-refractivity contribution in [1.29, 1.82) is 0 Å². The number of amides is 1. The van der Waals surface area contributed by atoms with Gasteiger partial charge in [0.2, 0.25) is 0 Å². The summed E-state index contributed by atoms with van der Waals surface area (Å²) in [6.45, 7) is 15.4. The maximum absolute atomic E-state index is 13.1. The van der Waals surface area contributed by atoms with Crippen LogP contribution in [0.2, 0.25) is 0 Å². The molecule has 1 aliphatic heterocycles. The standard InChI is InChI=1S/C23H32N2O3S/c1-6-15-24(17-18(2)3)23(26)19(4)13-14-20(5)29(27,28)25-16-9-11-21-10-7-8-12-22(21)25/h7-8,10,12-14,18H,4-6,9,11,15-17H2,1-3H3. The molecule has 0 unspecified atom stereocenters. The number of carbonyl (C=O) groups is 1. The maximum atomic E-state index is 13.1. The number of hydrogen-bond donors (Lipinski definition) is 0. The summed E-state index contributed by atoms with van der Waals surface area (Å²) in [6, 6.07) is 7.52. The molecule has 1 aromatic carbocycles. The van der Waals surface area contributed by atoms with E-state index in [1.165, 1.54) is 16.5 Å². The van der Waals surface area contributed by atoms with Crippen molar-refractivity contribution in [3.05, 3.63) is 65.6 Å². The Morgan fingerprint density at radius 2 is 1.93 bits per heavy atom. The molecule has 1 aromatic rings. The molecule has 0 saturated heterocycles. The van der Waals surface area contributed by atoms with Gasteiger partial charge in [-0.25, -0.2) is 8.42 Å². The average Bonchev–Trinajstić information content (AvgIpc) is 2.69. The van der Waals surface area contributed by atoms with Crippen molar-refractivity contribution in [2.75, 3.05) is 23.9 Å². The summed E-state index contributed by atoms with van der Waals surface area (Å²) >= 11 is 0. The molecule has 1 aliphatic rings. The third-order valence-corrected chi connectivity index (χ3v) is 6.56. The molecule has 0 aromatic heterocycles. The van der Waals surface area contributed by atoms with E-state index in [9.17, 15) is 13.2 Å². The summed E-state index contributed by atoms with van der Waals surface area (Å²) in [5.74, 6) is 0.169. The molecular formula is C23H32N2O3S. The summed E-state index contributed by atoms with van der Waals surface area (Å²) in [4.78, 5) is 14.4. The van der Waals surface area contributed by atoms with E-state index in [4.69, 9.17) is 0 Å². The third kappa shape index (κ3) is 5.60. The summed E-state index contributed by atoms with van der Waals surface area (Å²) in [5, 5.41) is 0. The van der Waals surface area contributed by atoms with Crippen molar-refractivity contribution in [1.82, 2.24) is 4.90 Å². The number of benzene rings is 1. The van der Waals surface area contributed by atoms with Crippen LogP contribution >= 0.6 is 0 Å². The Kier molecular flexibility index (Phi) is 7.85. The Morgan fingerprint density at radius 1 is 1.24 bits per heavy atom. The van der Waals surface area contributed by atoms with Crippen LogP contribution in [0.25, 0.3) is 0 Å². The molecule has 29 heavy (non-hydrogen) atoms. The smallest absolute Gasteiger partial charge is 0.263 e. The van der Waals surface area contributed by atoms with Gasteiger partial charge in [-0.3, -0.25) is 9.10 Å². The Balaban J connectivity index is 2.15. The molecule has 0 fully saturated rings. The summed E-state index contributed by atoms with van der Waals surface area (Å²) < 4.78 is 27.5. The number of nitrogens with zero attached hydrogens (tertiary/aromatic N) is 2. The molecule has 5 nitrogen and oxygen atoms in total. The van der Waals surface area contributed by atoms with Crippen LogP contribution in [0.4, 0.5) is 5.69 Å². The molecule has 0 N–H and O–H groups in total. The third-order valence-electron chi connectivity index (χ3n) is 4.80. The van der Waals surface area contributed by atoms with Crippen LogP contribution in [0.1, 0.15) is 39.2 Å². The number of fused-ring (bicyclic) bond motifs is 1. The highest BCUT2D eigenvalue weighted by atomic mass is 32.2. The second-order valence-electron chi connectivity index (χ2n) is 7.78. The SMILES string of the molecule is C=C(C=CC(=C)S(=O)(=O)N1CCCc2ccccc21)C(=O)N(CCC)CC(C)C. The van der Waals surface area contributed by atoms with Gasteiger partial charge in [0, 0.05) is 25.2 Å². The minimum absolute atomic E-state index is 0.0472. The lowest BCUT2D eigenvalue weighted by atomic mass is 10.0. The zero-order valence-corrected chi connectivity index (χ0v) is 18.5. The van der Waals surface area contributed by atoms with E-state index >= 15 is 0 Å². The molecule has 0 saturated carbocycles. The zero-order chi connectivity index (χ0) is 21.6. The fourth-order valence-corrected chi connectivity index (χ4v) is 4.76. The van der Waals surface area contributed by atoms with Crippen LogP contribution in [0.5, 0.6) is 0 Å². The Morgan fingerprint density at radius 3 is 2.59 bits per heavy atom. The lowest BCUT2D eigenvalue weighted by Crippen LogP contribution is -2.36. The predicted octanol–water partition coefficient (Wildman–Crippen LogP) is 4.29. The number of anilines is 1. The van der Waals surface area contributed by atoms with E-state index in [1.807, 2.05) is 31.2 Å². The van der Waals surface area contributed by atoms with E-state index in [2.05, 4.69) is 27.0 Å². The van der Waals surface area contributed by atoms with Gasteiger partial charge in [0.1, 0.15) is 0 Å². The fraction of sp³-hybridized carbons (Fsp3) is 0.435. The average molecular weight is 417 g/mol. The van der Waals surface area contributed by atoms with Crippen molar-refractivity contribution >= 4 is 21.6 Å². The van der Waals surface area contributed by atoms with Gasteiger partial charge in [-0.2, -0.15) is 0 Å². The van der Waals surface area contributed by atoms with Crippen LogP contribution in [-0.2, 0) is 21.2 Å². The van der Waals surface area contributed by atoms with Crippen molar-refractivity contribution in [3.8, 4) is 0 Å². The molecular weight excluding hydrogens is 384 g/mol. The quantitative estimate of drug-likeness (QED) is 0.446. The van der Waals surface area contributed by atoms with Crippen molar-refractivity contribution in [2.24, 2.45) is 5.92 Å². The molecule has 2 rings (SSSR count). The number of rotatable bonds is 9. The number of sulfonamides is 1. The highest BCUT2D eigenvalue weighted by Crippen LogP contribution is 2.31. The van der Waals surface area contributed by atoms with Crippen LogP contribution in [-0.4, -0.2) is 38.9 Å². The molecule has 0 bridgehead atoms. The highest BCUT2D eigenvalue weighted by molar-refractivity contribution is 7.96. The number of para-hydroxylation sites is 1. The Bertz CT molecular complexity index is 900. The maximum Gasteiger partial charge on any atom is 0.263 e. The van der Waals surface area contributed by atoms with Gasteiger partial charge in [-0.15, -0.1) is 0 Å². The summed E-state index contributed by atoms with van der Waals surface area (Å²) in [5.41, 5.74) is 1.98. The minimum Gasteiger partial charge on any atom is -0.338 e. The van der Waals surface area contributed by atoms with Gasteiger partial charge in [-0.1, -0.05) is 52.1 Å². The fourth-order valence-electron chi connectivity index (χ4n) is 3.43. The molecule has 0 spiro atoms. The highest BCUT2D eigenvalue weighted by Gasteiger charge is 2.28. The largest absolute Gasteiger partial charge is 0.338 e. The predicted molar refractivity (Wildman–Crippen MR) is 120 cm³/mol. The first kappa shape index (κ1) is 22.9. The van der Waals surface area contributed by atoms with Crippen molar-refractivity contribution < 1.29 is 13.2 Å². The van der Waals surface area contributed by atoms with Gasteiger partial charge in [0.25, 0.3) is 15.9 Å². The Labute approximate surface area is 175 Å². The van der Waals surface area contributed by atoms with Gasteiger partial charge >= 0.3 is 0 Å². The topological polar surface area (TPSA) is 57.7 Å². The minimum atomic E-state index is -3.76. The molecule has 1 amide bonds. The van der Waals surface area contributed by atoms with Crippen LogP contribution in [0.15, 0.2) is 60.1 Å². The van der Waals surface area contributed by atoms with E-state index in [-0.39, 0.29) is 16.4 Å². The lowest BCUT2D eigenvalue weighted by molar-refractivity contribution is -0.127. The first-order valence-corrected chi connectivity index (χ1v) is 11.6. The molecule has 0 atom stereocenters. The van der Waals surface area contributed by atoms with Gasteiger partial charge in [0.05, 0.1) is 10.6 Å². The molecule has 1 heterocycles. The van der Waals surface area contributed by atoms with Crippen LogP contribution < -0.4 is 4.31 Å². The number of carbonyl (C=O) groups excluding carboxylic acids is 1. The van der Waals surface area contributed by atoms with Crippen molar-refractivity contribution in [3.63, 3.8) is 0 Å². The molecule has 158 valence electrons. The summed E-state index contributed by atoms with van der Waals surface area (Å²) in [7, 11) is -3.76. The van der Waals surface area contributed by atoms with E-state index in [0.29, 0.717) is 31.2 Å². The van der Waals surface area contributed by atoms with E-state index in [0.717, 1.165) is 24.8 Å². The second kappa shape index (κ2) is 9.92. The van der Waals surface area contributed by atoms with Gasteiger partial charge < -0.3 is 4.90 Å². The summed E-state index contributed by atoms with van der Waals surface area (Å²) in [6.07, 6.45) is 5.32. The van der Waals surface area contributed by atoms with Gasteiger partial charge in [0.15, 0.2) is 0 Å². The lowest BCUT2D eigenvalue weighted by Gasteiger charge is -2.30. The van der Waals surface area contributed by atoms with Gasteiger partial charge in [-0.05, 0) is 49.0 Å². The number of allylic oxidation sites excluding steroid dienone is 1. The normalized spacial score (nSPS) is 14.1. The van der Waals surface area contributed by atoms with E-state index < -0.39 is 10.0 Å². The molecule has 0 aliphatic carbocycles. The first-order valence-electron chi connectivity index (χ1n) is 10.1. The van der Waals surface area contributed by atoms with E-state index in [1.54, 1.807) is 4.90 Å². The first-order chi connectivity index (χ1) is 13.7. The van der Waals surface area contributed by atoms with Crippen LogP contribution in [0.3, 0.4) is 0 Å². The number of aryl methyl sites for hydroxylation is 1. The molecule has 6 heteroatoms.